The Morgan fingerprint density at radius 2 is 1.93 bits per heavy atom. The van der Waals surface area contributed by atoms with Crippen LogP contribution in [0.25, 0.3) is 11.5 Å². The van der Waals surface area contributed by atoms with Gasteiger partial charge in [-0.25, -0.2) is 9.67 Å². The number of hydrogen-bond donors (Lipinski definition) is 1. The summed E-state index contributed by atoms with van der Waals surface area (Å²) in [4.78, 5) is 17.0. The first-order valence-corrected chi connectivity index (χ1v) is 9.25. The van der Waals surface area contributed by atoms with E-state index < -0.39 is 0 Å². The van der Waals surface area contributed by atoms with Crippen molar-refractivity contribution in [2.45, 2.75) is 33.9 Å². The number of carbonyl (C=O) groups excluding carboxylic acids is 1. The van der Waals surface area contributed by atoms with Gasteiger partial charge in [-0.3, -0.25) is 4.79 Å². The van der Waals surface area contributed by atoms with Gasteiger partial charge in [0.05, 0.1) is 25.0 Å². The summed E-state index contributed by atoms with van der Waals surface area (Å²) in [5.41, 5.74) is 3.76. The third-order valence-electron chi connectivity index (χ3n) is 4.69. The largest absolute Gasteiger partial charge is 0.467 e. The minimum absolute atomic E-state index is 0.275. The minimum Gasteiger partial charge on any atom is -0.467 e. The molecule has 1 amide bonds. The van der Waals surface area contributed by atoms with Gasteiger partial charge < -0.3 is 14.2 Å². The van der Waals surface area contributed by atoms with Crippen molar-refractivity contribution in [1.82, 2.24) is 25.3 Å². The van der Waals surface area contributed by atoms with Crippen LogP contribution in [0.3, 0.4) is 0 Å². The van der Waals surface area contributed by atoms with E-state index in [9.17, 15) is 4.79 Å². The highest BCUT2D eigenvalue weighted by molar-refractivity contribution is 5.93. The van der Waals surface area contributed by atoms with E-state index in [1.54, 1.807) is 30.0 Å². The van der Waals surface area contributed by atoms with Gasteiger partial charge in [0.2, 0.25) is 5.89 Å². The molecule has 0 aliphatic rings. The van der Waals surface area contributed by atoms with Crippen molar-refractivity contribution >= 4 is 5.91 Å². The molecule has 8 nitrogen and oxygen atoms in total. The Bertz CT molecular complexity index is 1120. The quantitative estimate of drug-likeness (QED) is 0.541. The summed E-state index contributed by atoms with van der Waals surface area (Å²) in [6.45, 7) is 6.36. The zero-order valence-electron chi connectivity index (χ0n) is 16.5. The zero-order valence-corrected chi connectivity index (χ0v) is 16.5. The van der Waals surface area contributed by atoms with Crippen molar-refractivity contribution in [3.8, 4) is 11.5 Å². The third-order valence-corrected chi connectivity index (χ3v) is 4.69. The molecule has 0 saturated carbocycles. The van der Waals surface area contributed by atoms with Crippen molar-refractivity contribution in [3.63, 3.8) is 0 Å². The van der Waals surface area contributed by atoms with Gasteiger partial charge in [-0.15, -0.1) is 5.10 Å². The maximum Gasteiger partial charge on any atom is 0.274 e. The Morgan fingerprint density at radius 3 is 2.66 bits per heavy atom. The van der Waals surface area contributed by atoms with E-state index in [1.165, 1.54) is 5.56 Å². The molecule has 0 radical (unpaired) electrons. The maximum absolute atomic E-state index is 12.4. The fourth-order valence-electron chi connectivity index (χ4n) is 2.92. The molecule has 0 spiro atoms. The molecule has 0 unspecified atom stereocenters. The van der Waals surface area contributed by atoms with Crippen molar-refractivity contribution < 1.29 is 13.6 Å². The van der Waals surface area contributed by atoms with E-state index in [4.69, 9.17) is 8.83 Å². The summed E-state index contributed by atoms with van der Waals surface area (Å²) < 4.78 is 12.7. The highest BCUT2D eigenvalue weighted by atomic mass is 16.4. The lowest BCUT2D eigenvalue weighted by Crippen LogP contribution is -2.24. The van der Waals surface area contributed by atoms with Gasteiger partial charge in [0.1, 0.15) is 17.2 Å². The highest BCUT2D eigenvalue weighted by Crippen LogP contribution is 2.23. The number of benzene rings is 1. The van der Waals surface area contributed by atoms with E-state index in [0.717, 1.165) is 11.3 Å². The lowest BCUT2D eigenvalue weighted by atomic mass is 10.1. The SMILES string of the molecule is Cc1ccc(-c2nc(Cn3nnc(C(=O)NCc4ccco4)c3C)c(C)o2)cc1. The molecule has 0 bridgehead atoms. The van der Waals surface area contributed by atoms with E-state index in [1.807, 2.05) is 38.1 Å². The Balaban J connectivity index is 1.49. The molecule has 0 aliphatic carbocycles. The van der Waals surface area contributed by atoms with Crippen LogP contribution >= 0.6 is 0 Å². The molecular formula is C21H21N5O3. The molecule has 3 heterocycles. The third kappa shape index (κ3) is 3.96. The number of hydrogen-bond acceptors (Lipinski definition) is 6. The molecule has 3 aromatic heterocycles. The standard InChI is InChI=1S/C21H21N5O3/c1-13-6-8-16(9-7-13)21-23-18(15(3)29-21)12-26-14(2)19(24-25-26)20(27)22-11-17-5-4-10-28-17/h4-10H,11-12H2,1-3H3,(H,22,27). The van der Waals surface area contributed by atoms with Crippen molar-refractivity contribution in [3.05, 3.63) is 76.8 Å². The van der Waals surface area contributed by atoms with E-state index in [2.05, 4.69) is 20.6 Å². The summed E-state index contributed by atoms with van der Waals surface area (Å²) in [6, 6.07) is 11.6. The molecule has 1 aromatic carbocycles. The molecule has 4 rings (SSSR count). The van der Waals surface area contributed by atoms with Crippen LogP contribution in [0.4, 0.5) is 0 Å². The first-order chi connectivity index (χ1) is 14.0. The Kier molecular flexibility index (Phi) is 4.99. The van der Waals surface area contributed by atoms with Crippen molar-refractivity contribution in [2.24, 2.45) is 0 Å². The molecule has 0 atom stereocenters. The number of nitrogens with one attached hydrogen (secondary N) is 1. The van der Waals surface area contributed by atoms with E-state index in [-0.39, 0.29) is 11.6 Å². The van der Waals surface area contributed by atoms with Gasteiger partial charge in [-0.2, -0.15) is 0 Å². The second kappa shape index (κ2) is 7.75. The predicted octanol–water partition coefficient (Wildman–Crippen LogP) is 3.43. The van der Waals surface area contributed by atoms with Gasteiger partial charge in [-0.05, 0) is 45.0 Å². The van der Waals surface area contributed by atoms with E-state index >= 15 is 0 Å². The summed E-state index contributed by atoms with van der Waals surface area (Å²) in [5.74, 6) is 1.64. The molecule has 0 aliphatic heterocycles. The molecule has 4 aromatic rings. The molecule has 0 fully saturated rings. The molecule has 29 heavy (non-hydrogen) atoms. The molecule has 1 N–H and O–H groups in total. The normalized spacial score (nSPS) is 11.0. The number of aryl methyl sites for hydroxylation is 2. The van der Waals surface area contributed by atoms with Crippen LogP contribution in [0.5, 0.6) is 0 Å². The number of furan rings is 1. The van der Waals surface area contributed by atoms with Crippen LogP contribution in [0, 0.1) is 20.8 Å². The lowest BCUT2D eigenvalue weighted by molar-refractivity contribution is 0.0942. The zero-order chi connectivity index (χ0) is 20.4. The first-order valence-electron chi connectivity index (χ1n) is 9.25. The Morgan fingerprint density at radius 1 is 1.14 bits per heavy atom. The number of aromatic nitrogens is 4. The smallest absolute Gasteiger partial charge is 0.274 e. The number of rotatable bonds is 6. The second-order valence-corrected chi connectivity index (χ2v) is 6.83. The van der Waals surface area contributed by atoms with Crippen LogP contribution in [-0.4, -0.2) is 25.9 Å². The van der Waals surface area contributed by atoms with E-state index in [0.29, 0.717) is 36.2 Å². The van der Waals surface area contributed by atoms with Crippen LogP contribution in [0.15, 0.2) is 51.5 Å². The van der Waals surface area contributed by atoms with Crippen molar-refractivity contribution in [1.29, 1.82) is 0 Å². The topological polar surface area (TPSA) is 99.0 Å². The fourth-order valence-corrected chi connectivity index (χ4v) is 2.92. The summed E-state index contributed by atoms with van der Waals surface area (Å²) in [5, 5.41) is 10.9. The first kappa shape index (κ1) is 18.7. The minimum atomic E-state index is -0.303. The molecule has 0 saturated heterocycles. The fraction of sp³-hybridized carbons (Fsp3) is 0.238. The predicted molar refractivity (Wildman–Crippen MR) is 105 cm³/mol. The van der Waals surface area contributed by atoms with Gasteiger partial charge in [0, 0.05) is 5.56 Å². The van der Waals surface area contributed by atoms with Crippen LogP contribution in [0.2, 0.25) is 0 Å². The van der Waals surface area contributed by atoms with Gasteiger partial charge in [0.15, 0.2) is 5.69 Å². The Hall–Kier alpha value is -3.68. The summed E-state index contributed by atoms with van der Waals surface area (Å²) >= 11 is 0. The number of carbonyl (C=O) groups is 1. The average molecular weight is 391 g/mol. The van der Waals surface area contributed by atoms with Crippen LogP contribution in [-0.2, 0) is 13.1 Å². The lowest BCUT2D eigenvalue weighted by Gasteiger charge is -2.03. The van der Waals surface area contributed by atoms with Gasteiger partial charge in [-0.1, -0.05) is 22.9 Å². The maximum atomic E-state index is 12.4. The Labute approximate surface area is 167 Å². The second-order valence-electron chi connectivity index (χ2n) is 6.83. The average Bonchev–Trinajstić information content (AvgIpc) is 3.43. The summed E-state index contributed by atoms with van der Waals surface area (Å²) in [6.07, 6.45) is 1.56. The van der Waals surface area contributed by atoms with Crippen LogP contribution in [0.1, 0.15) is 39.0 Å². The van der Waals surface area contributed by atoms with Gasteiger partial charge >= 0.3 is 0 Å². The van der Waals surface area contributed by atoms with Crippen LogP contribution < -0.4 is 5.32 Å². The molecule has 148 valence electrons. The monoisotopic (exact) mass is 391 g/mol. The number of oxazole rings is 1. The molecular weight excluding hydrogens is 370 g/mol. The number of amides is 1. The molecule has 8 heteroatoms. The van der Waals surface area contributed by atoms with Gasteiger partial charge in [0.25, 0.3) is 5.91 Å². The summed E-state index contributed by atoms with van der Waals surface area (Å²) in [7, 11) is 0. The highest BCUT2D eigenvalue weighted by Gasteiger charge is 2.19. The number of nitrogens with zero attached hydrogens (tertiary/aromatic N) is 4. The van der Waals surface area contributed by atoms with Crippen molar-refractivity contribution in [2.75, 3.05) is 0 Å².